The maximum Gasteiger partial charge on any atom is 0.191 e. The molecule has 1 saturated carbocycles. The van der Waals surface area contributed by atoms with Gasteiger partial charge in [0.15, 0.2) is 5.96 Å². The number of nitrogens with one attached hydrogen (secondary N) is 2. The minimum Gasteiger partial charge on any atom is -0.377 e. The highest BCUT2D eigenvalue weighted by Gasteiger charge is 2.21. The molecule has 0 unspecified atom stereocenters. The second kappa shape index (κ2) is 9.40. The summed E-state index contributed by atoms with van der Waals surface area (Å²) in [6.07, 6.45) is 4.67. The van der Waals surface area contributed by atoms with Crippen LogP contribution >= 0.6 is 0 Å². The van der Waals surface area contributed by atoms with Crippen molar-refractivity contribution in [2.75, 3.05) is 19.7 Å². The van der Waals surface area contributed by atoms with Gasteiger partial charge in [0.2, 0.25) is 0 Å². The lowest BCUT2D eigenvalue weighted by Gasteiger charge is -2.10. The molecule has 0 heterocycles. The lowest BCUT2D eigenvalue weighted by Crippen LogP contribution is -2.38. The molecular weight excluding hydrogens is 262 g/mol. The van der Waals surface area contributed by atoms with Gasteiger partial charge < -0.3 is 15.4 Å². The molecule has 1 aromatic carbocycles. The van der Waals surface area contributed by atoms with Crippen LogP contribution in [0.15, 0.2) is 35.3 Å². The van der Waals surface area contributed by atoms with Crippen molar-refractivity contribution >= 4 is 5.96 Å². The average molecular weight is 289 g/mol. The van der Waals surface area contributed by atoms with E-state index in [1.54, 1.807) is 0 Å². The molecule has 0 amide bonds. The van der Waals surface area contributed by atoms with E-state index in [2.05, 4.69) is 34.7 Å². The first-order chi connectivity index (χ1) is 10.4. The molecule has 1 fully saturated rings. The number of ether oxygens (including phenoxy) is 1. The average Bonchev–Trinajstić information content (AvgIpc) is 3.31. The lowest BCUT2D eigenvalue weighted by molar-refractivity contribution is 0.117. The zero-order chi connectivity index (χ0) is 14.8. The molecule has 2 N–H and O–H groups in total. The van der Waals surface area contributed by atoms with E-state index in [4.69, 9.17) is 4.74 Å². The largest absolute Gasteiger partial charge is 0.377 e. The summed E-state index contributed by atoms with van der Waals surface area (Å²) in [6, 6.07) is 11.0. The molecule has 0 aliphatic heterocycles. The van der Waals surface area contributed by atoms with Gasteiger partial charge in [-0.3, -0.25) is 4.99 Å². The van der Waals surface area contributed by atoms with E-state index >= 15 is 0 Å². The van der Waals surface area contributed by atoms with E-state index in [1.807, 2.05) is 18.2 Å². The summed E-state index contributed by atoms with van der Waals surface area (Å²) in [5, 5.41) is 6.71. The molecule has 116 valence electrons. The second-order valence-electron chi connectivity index (χ2n) is 5.42. The molecule has 2 rings (SSSR count). The fraction of sp³-hybridized carbons (Fsp3) is 0.588. The van der Waals surface area contributed by atoms with Crippen LogP contribution in [0.4, 0.5) is 0 Å². The van der Waals surface area contributed by atoms with Gasteiger partial charge in [-0.05, 0) is 38.2 Å². The minimum atomic E-state index is 0.650. The summed E-state index contributed by atoms with van der Waals surface area (Å²) in [7, 11) is 0. The molecule has 1 aliphatic carbocycles. The normalized spacial score (nSPS) is 15.0. The van der Waals surface area contributed by atoms with Crippen molar-refractivity contribution in [1.29, 1.82) is 0 Å². The van der Waals surface area contributed by atoms with Gasteiger partial charge >= 0.3 is 0 Å². The third-order valence-electron chi connectivity index (χ3n) is 3.34. The van der Waals surface area contributed by atoms with Gasteiger partial charge in [0.1, 0.15) is 0 Å². The van der Waals surface area contributed by atoms with E-state index in [0.29, 0.717) is 12.6 Å². The lowest BCUT2D eigenvalue weighted by atomic mass is 10.2. The smallest absolute Gasteiger partial charge is 0.191 e. The van der Waals surface area contributed by atoms with Crippen LogP contribution in [0.2, 0.25) is 0 Å². The molecule has 0 radical (unpaired) electrons. The number of hydrogen-bond donors (Lipinski definition) is 2. The Morgan fingerprint density at radius 2 is 2.05 bits per heavy atom. The molecule has 4 heteroatoms. The van der Waals surface area contributed by atoms with Gasteiger partial charge in [0, 0.05) is 25.7 Å². The highest BCUT2D eigenvalue weighted by atomic mass is 16.5. The molecule has 0 atom stereocenters. The number of hydrogen-bond acceptors (Lipinski definition) is 2. The molecule has 0 saturated heterocycles. The van der Waals surface area contributed by atoms with Gasteiger partial charge in [0.25, 0.3) is 0 Å². The van der Waals surface area contributed by atoms with Crippen LogP contribution < -0.4 is 10.6 Å². The topological polar surface area (TPSA) is 45.7 Å². The van der Waals surface area contributed by atoms with Crippen molar-refractivity contribution in [3.63, 3.8) is 0 Å². The Kier molecular flexibility index (Phi) is 7.08. The molecule has 21 heavy (non-hydrogen) atoms. The molecule has 0 aromatic heterocycles. The van der Waals surface area contributed by atoms with Crippen LogP contribution in [-0.4, -0.2) is 31.7 Å². The molecular formula is C17H27N3O. The monoisotopic (exact) mass is 289 g/mol. The van der Waals surface area contributed by atoms with E-state index in [9.17, 15) is 0 Å². The van der Waals surface area contributed by atoms with Gasteiger partial charge in [0.05, 0.1) is 6.61 Å². The van der Waals surface area contributed by atoms with Crippen molar-refractivity contribution in [1.82, 2.24) is 10.6 Å². The standard InChI is InChI=1S/C17H27N3O/c1-2-18-17(20-16-10-11-16)19-12-6-7-13-21-14-15-8-4-3-5-9-15/h3-5,8-9,16H,2,6-7,10-14H2,1H3,(H2,18,19,20). The Morgan fingerprint density at radius 1 is 1.24 bits per heavy atom. The number of rotatable bonds is 9. The van der Waals surface area contributed by atoms with Crippen molar-refractivity contribution in [2.24, 2.45) is 4.99 Å². The number of aliphatic imine (C=N–C) groups is 1. The minimum absolute atomic E-state index is 0.650. The van der Waals surface area contributed by atoms with Crippen LogP contribution in [0.5, 0.6) is 0 Å². The summed E-state index contributed by atoms with van der Waals surface area (Å²) < 4.78 is 5.67. The molecule has 1 aliphatic rings. The summed E-state index contributed by atoms with van der Waals surface area (Å²) in [5.74, 6) is 0.963. The maximum atomic E-state index is 5.67. The number of benzene rings is 1. The van der Waals surface area contributed by atoms with Gasteiger partial charge in [-0.2, -0.15) is 0 Å². The Bertz CT molecular complexity index is 415. The first-order valence-electron chi connectivity index (χ1n) is 8.05. The van der Waals surface area contributed by atoms with E-state index in [-0.39, 0.29) is 0 Å². The van der Waals surface area contributed by atoms with Gasteiger partial charge in [-0.15, -0.1) is 0 Å². The molecule has 4 nitrogen and oxygen atoms in total. The molecule has 1 aromatic rings. The second-order valence-corrected chi connectivity index (χ2v) is 5.42. The van der Waals surface area contributed by atoms with Crippen molar-refractivity contribution in [2.45, 2.75) is 45.3 Å². The van der Waals surface area contributed by atoms with Crippen LogP contribution in [0.25, 0.3) is 0 Å². The first kappa shape index (κ1) is 15.8. The number of guanidine groups is 1. The maximum absolute atomic E-state index is 5.67. The molecule has 0 bridgehead atoms. The van der Waals surface area contributed by atoms with E-state index in [0.717, 1.165) is 38.5 Å². The van der Waals surface area contributed by atoms with Crippen LogP contribution in [0.1, 0.15) is 38.2 Å². The number of nitrogens with zero attached hydrogens (tertiary/aromatic N) is 1. The zero-order valence-corrected chi connectivity index (χ0v) is 13.0. The van der Waals surface area contributed by atoms with Gasteiger partial charge in [-0.1, -0.05) is 30.3 Å². The quantitative estimate of drug-likeness (QED) is 0.417. The Labute approximate surface area is 128 Å². The fourth-order valence-corrected chi connectivity index (χ4v) is 2.01. The fourth-order valence-electron chi connectivity index (χ4n) is 2.01. The third-order valence-corrected chi connectivity index (χ3v) is 3.34. The first-order valence-corrected chi connectivity index (χ1v) is 8.05. The number of unbranched alkanes of at least 4 members (excludes halogenated alkanes) is 1. The third kappa shape index (κ3) is 7.14. The Morgan fingerprint density at radius 3 is 2.76 bits per heavy atom. The Balaban J connectivity index is 1.52. The molecule has 0 spiro atoms. The highest BCUT2D eigenvalue weighted by Crippen LogP contribution is 2.18. The van der Waals surface area contributed by atoms with E-state index in [1.165, 1.54) is 18.4 Å². The van der Waals surface area contributed by atoms with Gasteiger partial charge in [-0.25, -0.2) is 0 Å². The van der Waals surface area contributed by atoms with Crippen LogP contribution in [-0.2, 0) is 11.3 Å². The van der Waals surface area contributed by atoms with E-state index < -0.39 is 0 Å². The summed E-state index contributed by atoms with van der Waals surface area (Å²) in [4.78, 5) is 4.59. The highest BCUT2D eigenvalue weighted by molar-refractivity contribution is 5.80. The zero-order valence-electron chi connectivity index (χ0n) is 13.0. The summed E-state index contributed by atoms with van der Waals surface area (Å²) >= 11 is 0. The Hall–Kier alpha value is -1.55. The van der Waals surface area contributed by atoms with Crippen LogP contribution in [0, 0.1) is 0 Å². The van der Waals surface area contributed by atoms with Crippen LogP contribution in [0.3, 0.4) is 0 Å². The van der Waals surface area contributed by atoms with Crippen molar-refractivity contribution in [3.05, 3.63) is 35.9 Å². The van der Waals surface area contributed by atoms with Crippen molar-refractivity contribution < 1.29 is 4.74 Å². The summed E-state index contributed by atoms with van der Waals surface area (Å²) in [5.41, 5.74) is 1.23. The predicted molar refractivity (Wildman–Crippen MR) is 87.5 cm³/mol. The summed E-state index contributed by atoms with van der Waals surface area (Å²) in [6.45, 7) is 5.38. The van der Waals surface area contributed by atoms with Crippen molar-refractivity contribution in [3.8, 4) is 0 Å². The predicted octanol–water partition coefficient (Wildman–Crippen LogP) is 2.70. The SMILES string of the molecule is CCNC(=NCCCCOCc1ccccc1)NC1CC1.